The van der Waals surface area contributed by atoms with E-state index in [-0.39, 0.29) is 22.9 Å². The highest BCUT2D eigenvalue weighted by molar-refractivity contribution is 7.89. The maximum absolute atomic E-state index is 13.3. The second-order valence-corrected chi connectivity index (χ2v) is 11.0. The summed E-state index contributed by atoms with van der Waals surface area (Å²) in [7, 11) is -3.77. The summed E-state index contributed by atoms with van der Waals surface area (Å²) in [6.07, 6.45) is 1.67. The number of carbonyl (C=O) groups is 1. The third kappa shape index (κ3) is 4.68. The molecule has 0 aliphatic carbocycles. The first-order valence-corrected chi connectivity index (χ1v) is 12.8. The van der Waals surface area contributed by atoms with Crippen molar-refractivity contribution in [3.05, 3.63) is 64.7 Å². The summed E-state index contributed by atoms with van der Waals surface area (Å²) in [5, 5.41) is 13.3. The van der Waals surface area contributed by atoms with Crippen LogP contribution in [0, 0.1) is 6.92 Å². The van der Waals surface area contributed by atoms with Gasteiger partial charge in [0.05, 0.1) is 38.7 Å². The Hall–Kier alpha value is -3.08. The number of hydrogen-bond donors (Lipinski definition) is 2. The highest BCUT2D eigenvalue weighted by Crippen LogP contribution is 2.31. The minimum absolute atomic E-state index is 0.0256. The molecule has 0 radical (unpaired) electrons. The molecule has 0 aliphatic heterocycles. The summed E-state index contributed by atoms with van der Waals surface area (Å²) in [6, 6.07) is 11.7. The third-order valence-electron chi connectivity index (χ3n) is 5.35. The lowest BCUT2D eigenvalue weighted by molar-refractivity contribution is 0.0941. The number of amides is 1. The number of sulfonamides is 1. The number of fused-ring (bicyclic) bond motifs is 1. The molecule has 0 saturated carbocycles. The number of rotatable bonds is 6. The molecule has 1 amide bonds. The number of aryl methyl sites for hydroxylation is 1. The number of nitrogens with one attached hydrogen (secondary N) is 1. The summed E-state index contributed by atoms with van der Waals surface area (Å²) in [6.45, 7) is 7.90. The van der Waals surface area contributed by atoms with Gasteiger partial charge < -0.3 is 5.32 Å². The number of aromatic nitrogens is 3. The number of nitrogens with zero attached hydrogens (tertiary/aromatic N) is 3. The van der Waals surface area contributed by atoms with Gasteiger partial charge in [-0.1, -0.05) is 12.1 Å². The standard InChI is InChI=1S/C23H25N5O3S2/c1-13(2)28-22-19(12-25-28)18(11-20(27-22)21-10-5-14(3)32-21)23(29)26-15(4)16-6-8-17(9-7-16)33(24,30)31/h5-13,15H,1-4H3,(H,26,29)(H2,24,30,31). The van der Waals surface area contributed by atoms with Gasteiger partial charge in [0.25, 0.3) is 5.91 Å². The zero-order valence-corrected chi connectivity index (χ0v) is 20.4. The molecule has 3 aromatic heterocycles. The van der Waals surface area contributed by atoms with Gasteiger partial charge in [-0.2, -0.15) is 5.10 Å². The highest BCUT2D eigenvalue weighted by Gasteiger charge is 2.21. The smallest absolute Gasteiger partial charge is 0.252 e. The Kier molecular flexibility index (Phi) is 6.08. The second-order valence-electron chi connectivity index (χ2n) is 8.19. The van der Waals surface area contributed by atoms with Crippen molar-refractivity contribution in [2.24, 2.45) is 5.14 Å². The van der Waals surface area contributed by atoms with Gasteiger partial charge in [-0.3, -0.25) is 4.79 Å². The average molecular weight is 484 g/mol. The maximum atomic E-state index is 13.3. The van der Waals surface area contributed by atoms with Gasteiger partial charge >= 0.3 is 0 Å². The Balaban J connectivity index is 1.71. The van der Waals surface area contributed by atoms with Crippen LogP contribution >= 0.6 is 11.3 Å². The van der Waals surface area contributed by atoms with Crippen molar-refractivity contribution in [2.75, 3.05) is 0 Å². The number of nitrogens with two attached hydrogens (primary N) is 1. The van der Waals surface area contributed by atoms with E-state index in [1.165, 1.54) is 12.1 Å². The summed E-state index contributed by atoms with van der Waals surface area (Å²) in [5.74, 6) is -0.261. The van der Waals surface area contributed by atoms with Crippen LogP contribution in [0.15, 0.2) is 53.6 Å². The van der Waals surface area contributed by atoms with E-state index in [0.717, 1.165) is 21.0 Å². The molecular formula is C23H25N5O3S2. The quantitative estimate of drug-likeness (QED) is 0.426. The average Bonchev–Trinajstić information content (AvgIpc) is 3.38. The summed E-state index contributed by atoms with van der Waals surface area (Å²) < 4.78 is 24.8. The third-order valence-corrected chi connectivity index (χ3v) is 7.30. The van der Waals surface area contributed by atoms with Crippen LogP contribution in [0.25, 0.3) is 21.6 Å². The Morgan fingerprint density at radius 3 is 2.39 bits per heavy atom. The monoisotopic (exact) mass is 483 g/mol. The molecule has 0 saturated heterocycles. The zero-order chi connectivity index (χ0) is 23.9. The van der Waals surface area contributed by atoms with Gasteiger partial charge in [0.1, 0.15) is 0 Å². The molecule has 4 aromatic rings. The van der Waals surface area contributed by atoms with E-state index in [4.69, 9.17) is 10.1 Å². The Morgan fingerprint density at radius 1 is 1.12 bits per heavy atom. The molecule has 0 fully saturated rings. The Bertz CT molecular complexity index is 1440. The predicted molar refractivity (Wildman–Crippen MR) is 130 cm³/mol. The van der Waals surface area contributed by atoms with E-state index in [2.05, 4.69) is 10.4 Å². The first-order valence-electron chi connectivity index (χ1n) is 10.4. The van der Waals surface area contributed by atoms with Crippen molar-refractivity contribution in [3.8, 4) is 10.6 Å². The molecule has 33 heavy (non-hydrogen) atoms. The molecule has 1 atom stereocenters. The molecule has 1 unspecified atom stereocenters. The van der Waals surface area contributed by atoms with Gasteiger partial charge in [0.15, 0.2) is 5.65 Å². The lowest BCUT2D eigenvalue weighted by atomic mass is 10.1. The topological polar surface area (TPSA) is 120 Å². The molecule has 3 N–H and O–H groups in total. The number of primary sulfonamides is 1. The van der Waals surface area contributed by atoms with Crippen LogP contribution in [0.4, 0.5) is 0 Å². The highest BCUT2D eigenvalue weighted by atomic mass is 32.2. The zero-order valence-electron chi connectivity index (χ0n) is 18.7. The normalized spacial score (nSPS) is 12.9. The van der Waals surface area contributed by atoms with Gasteiger partial charge in [0.2, 0.25) is 10.0 Å². The van der Waals surface area contributed by atoms with Crippen LogP contribution in [0.3, 0.4) is 0 Å². The molecule has 8 nitrogen and oxygen atoms in total. The minimum Gasteiger partial charge on any atom is -0.345 e. The van der Waals surface area contributed by atoms with Gasteiger partial charge in [0, 0.05) is 10.9 Å². The number of carbonyl (C=O) groups excluding carboxylic acids is 1. The fraction of sp³-hybridized carbons (Fsp3) is 0.261. The number of pyridine rings is 1. The second kappa shape index (κ2) is 8.69. The summed E-state index contributed by atoms with van der Waals surface area (Å²) in [5.41, 5.74) is 2.62. The van der Waals surface area contributed by atoms with Crippen molar-refractivity contribution >= 4 is 38.3 Å². The van der Waals surface area contributed by atoms with Crippen LogP contribution in [-0.2, 0) is 10.0 Å². The number of thiophene rings is 1. The maximum Gasteiger partial charge on any atom is 0.252 e. The van der Waals surface area contributed by atoms with Crippen LogP contribution < -0.4 is 10.5 Å². The number of benzene rings is 1. The van der Waals surface area contributed by atoms with Gasteiger partial charge in [-0.15, -0.1) is 11.3 Å². The molecule has 10 heteroatoms. The molecule has 1 aromatic carbocycles. The molecule has 172 valence electrons. The molecular weight excluding hydrogens is 458 g/mol. The Morgan fingerprint density at radius 2 is 1.82 bits per heavy atom. The van der Waals surface area contributed by atoms with Crippen LogP contribution in [0.2, 0.25) is 0 Å². The van der Waals surface area contributed by atoms with E-state index in [9.17, 15) is 13.2 Å². The van der Waals surface area contributed by atoms with Crippen molar-refractivity contribution in [1.29, 1.82) is 0 Å². The molecule has 0 bridgehead atoms. The van der Waals surface area contributed by atoms with E-state index in [1.807, 2.05) is 44.5 Å². The van der Waals surface area contributed by atoms with E-state index in [1.54, 1.807) is 35.7 Å². The molecule has 0 aliphatic rings. The molecule has 3 heterocycles. The number of hydrogen-bond acceptors (Lipinski definition) is 6. The van der Waals surface area contributed by atoms with Gasteiger partial charge in [-0.05, 0) is 63.6 Å². The van der Waals surface area contributed by atoms with Crippen LogP contribution in [-0.4, -0.2) is 29.1 Å². The van der Waals surface area contributed by atoms with Crippen LogP contribution in [0.5, 0.6) is 0 Å². The molecule has 4 rings (SSSR count). The van der Waals surface area contributed by atoms with Crippen molar-refractivity contribution in [3.63, 3.8) is 0 Å². The van der Waals surface area contributed by atoms with Crippen molar-refractivity contribution < 1.29 is 13.2 Å². The Labute approximate surface area is 196 Å². The lowest BCUT2D eigenvalue weighted by Gasteiger charge is -2.16. The van der Waals surface area contributed by atoms with Gasteiger partial charge in [-0.25, -0.2) is 23.2 Å². The lowest BCUT2D eigenvalue weighted by Crippen LogP contribution is -2.27. The van der Waals surface area contributed by atoms with E-state index < -0.39 is 10.0 Å². The van der Waals surface area contributed by atoms with E-state index >= 15 is 0 Å². The van der Waals surface area contributed by atoms with Crippen molar-refractivity contribution in [1.82, 2.24) is 20.1 Å². The fourth-order valence-electron chi connectivity index (χ4n) is 3.59. The largest absolute Gasteiger partial charge is 0.345 e. The summed E-state index contributed by atoms with van der Waals surface area (Å²) >= 11 is 1.62. The van der Waals surface area contributed by atoms with E-state index in [0.29, 0.717) is 16.6 Å². The predicted octanol–water partition coefficient (Wildman–Crippen LogP) is 4.19. The first kappa shape index (κ1) is 23.1. The minimum atomic E-state index is -3.77. The van der Waals surface area contributed by atoms with Crippen molar-refractivity contribution in [2.45, 2.75) is 44.7 Å². The van der Waals surface area contributed by atoms with Crippen LogP contribution in [0.1, 0.15) is 53.7 Å². The molecule has 0 spiro atoms. The first-order chi connectivity index (χ1) is 15.5. The summed E-state index contributed by atoms with van der Waals surface area (Å²) in [4.78, 5) is 20.3. The SMILES string of the molecule is Cc1ccc(-c2cc(C(=O)NC(C)c3ccc(S(N)(=O)=O)cc3)c3cnn(C(C)C)c3n2)s1. The fourth-order valence-corrected chi connectivity index (χ4v) is 4.93.